The van der Waals surface area contributed by atoms with Gasteiger partial charge in [-0.2, -0.15) is 0 Å². The minimum Gasteiger partial charge on any atom is -0.316 e. The normalized spacial score (nSPS) is 31.3. The molecule has 0 radical (unpaired) electrons. The molecule has 124 valence electrons. The van der Waals surface area contributed by atoms with Gasteiger partial charge in [-0.25, -0.2) is 0 Å². The SMILES string of the molecule is CC(C)CNCC1CCC(C)(C)CC1C1CCCCCC1. The van der Waals surface area contributed by atoms with Crippen LogP contribution in [0.15, 0.2) is 0 Å². The molecule has 21 heavy (non-hydrogen) atoms. The Balaban J connectivity index is 1.95. The van der Waals surface area contributed by atoms with Gasteiger partial charge in [0.25, 0.3) is 0 Å². The zero-order valence-electron chi connectivity index (χ0n) is 15.1. The van der Waals surface area contributed by atoms with E-state index in [0.29, 0.717) is 5.41 Å². The minimum absolute atomic E-state index is 0.589. The molecule has 0 amide bonds. The molecule has 2 fully saturated rings. The Morgan fingerprint density at radius 1 is 1.00 bits per heavy atom. The van der Waals surface area contributed by atoms with Gasteiger partial charge in [0.2, 0.25) is 0 Å². The fourth-order valence-electron chi connectivity index (χ4n) is 4.80. The summed E-state index contributed by atoms with van der Waals surface area (Å²) >= 11 is 0. The van der Waals surface area contributed by atoms with Crippen molar-refractivity contribution in [2.75, 3.05) is 13.1 Å². The molecule has 0 spiro atoms. The lowest BCUT2D eigenvalue weighted by Crippen LogP contribution is -2.40. The second-order valence-corrected chi connectivity index (χ2v) is 9.13. The average Bonchev–Trinajstić information content (AvgIpc) is 2.68. The molecule has 0 bridgehead atoms. The fraction of sp³-hybridized carbons (Fsp3) is 1.00. The van der Waals surface area contributed by atoms with Crippen LogP contribution in [-0.4, -0.2) is 13.1 Å². The van der Waals surface area contributed by atoms with Crippen molar-refractivity contribution in [1.29, 1.82) is 0 Å². The molecule has 1 nitrogen and oxygen atoms in total. The lowest BCUT2D eigenvalue weighted by atomic mass is 9.62. The van der Waals surface area contributed by atoms with Crippen molar-refractivity contribution in [3.8, 4) is 0 Å². The van der Waals surface area contributed by atoms with E-state index >= 15 is 0 Å². The number of hydrogen-bond acceptors (Lipinski definition) is 1. The first-order valence-corrected chi connectivity index (χ1v) is 9.69. The van der Waals surface area contributed by atoms with Gasteiger partial charge in [0.15, 0.2) is 0 Å². The molecule has 1 N–H and O–H groups in total. The number of rotatable bonds is 5. The molecule has 0 saturated heterocycles. The second kappa shape index (κ2) is 7.99. The van der Waals surface area contributed by atoms with E-state index in [1.165, 1.54) is 70.9 Å². The van der Waals surface area contributed by atoms with Crippen molar-refractivity contribution >= 4 is 0 Å². The van der Waals surface area contributed by atoms with Crippen LogP contribution in [-0.2, 0) is 0 Å². The molecule has 2 unspecified atom stereocenters. The molecule has 2 atom stereocenters. The van der Waals surface area contributed by atoms with E-state index < -0.39 is 0 Å². The van der Waals surface area contributed by atoms with Crippen LogP contribution in [0.2, 0.25) is 0 Å². The van der Waals surface area contributed by atoms with Gasteiger partial charge in [-0.15, -0.1) is 0 Å². The van der Waals surface area contributed by atoms with Crippen LogP contribution in [0, 0.1) is 29.1 Å². The largest absolute Gasteiger partial charge is 0.316 e. The third-order valence-electron chi connectivity index (χ3n) is 6.05. The van der Waals surface area contributed by atoms with E-state index in [2.05, 4.69) is 33.0 Å². The van der Waals surface area contributed by atoms with Gasteiger partial charge >= 0.3 is 0 Å². The van der Waals surface area contributed by atoms with Crippen LogP contribution in [0.5, 0.6) is 0 Å². The Hall–Kier alpha value is -0.0400. The maximum absolute atomic E-state index is 3.77. The summed E-state index contributed by atoms with van der Waals surface area (Å²) in [6.45, 7) is 12.1. The predicted molar refractivity (Wildman–Crippen MR) is 93.5 cm³/mol. The van der Waals surface area contributed by atoms with Gasteiger partial charge in [0.05, 0.1) is 0 Å². The van der Waals surface area contributed by atoms with Crippen molar-refractivity contribution in [1.82, 2.24) is 5.32 Å². The maximum atomic E-state index is 3.77. The highest BCUT2D eigenvalue weighted by Gasteiger charge is 2.38. The Labute approximate surface area is 133 Å². The molecule has 0 heterocycles. The topological polar surface area (TPSA) is 12.0 Å². The number of hydrogen-bond donors (Lipinski definition) is 1. The molecule has 0 aromatic rings. The zero-order chi connectivity index (χ0) is 15.3. The maximum Gasteiger partial charge on any atom is -0.00176 e. The van der Waals surface area contributed by atoms with E-state index in [1.54, 1.807) is 0 Å². The molecule has 2 saturated carbocycles. The molecular formula is C20H39N. The molecule has 2 aliphatic carbocycles. The van der Waals surface area contributed by atoms with Crippen LogP contribution in [0.4, 0.5) is 0 Å². The van der Waals surface area contributed by atoms with Crippen LogP contribution in [0.25, 0.3) is 0 Å². The first kappa shape index (κ1) is 17.3. The standard InChI is InChI=1S/C20H39N/c1-16(2)14-21-15-18-11-12-20(3,4)13-19(18)17-9-7-5-6-8-10-17/h16-19,21H,5-15H2,1-4H3. The Morgan fingerprint density at radius 3 is 2.29 bits per heavy atom. The minimum atomic E-state index is 0.589. The summed E-state index contributed by atoms with van der Waals surface area (Å²) in [6.07, 6.45) is 13.4. The smallest absolute Gasteiger partial charge is 0.00176 e. The van der Waals surface area contributed by atoms with Crippen molar-refractivity contribution < 1.29 is 0 Å². The Kier molecular flexibility index (Phi) is 6.59. The monoisotopic (exact) mass is 293 g/mol. The lowest BCUT2D eigenvalue weighted by Gasteiger charge is -2.44. The van der Waals surface area contributed by atoms with Crippen molar-refractivity contribution in [2.24, 2.45) is 29.1 Å². The summed E-state index contributed by atoms with van der Waals surface area (Å²) < 4.78 is 0. The highest BCUT2D eigenvalue weighted by atomic mass is 14.9. The summed E-state index contributed by atoms with van der Waals surface area (Å²) in [7, 11) is 0. The highest BCUT2D eigenvalue weighted by molar-refractivity contribution is 4.89. The highest BCUT2D eigenvalue weighted by Crippen LogP contribution is 2.47. The third-order valence-corrected chi connectivity index (χ3v) is 6.05. The fourth-order valence-corrected chi connectivity index (χ4v) is 4.80. The van der Waals surface area contributed by atoms with Crippen molar-refractivity contribution in [3.63, 3.8) is 0 Å². The lowest BCUT2D eigenvalue weighted by molar-refractivity contribution is 0.0662. The summed E-state index contributed by atoms with van der Waals surface area (Å²) in [5.74, 6) is 3.74. The summed E-state index contributed by atoms with van der Waals surface area (Å²) in [5.41, 5.74) is 0.589. The van der Waals surface area contributed by atoms with E-state index in [9.17, 15) is 0 Å². The van der Waals surface area contributed by atoms with E-state index in [4.69, 9.17) is 0 Å². The van der Waals surface area contributed by atoms with Gasteiger partial charge < -0.3 is 5.32 Å². The molecule has 0 aliphatic heterocycles. The van der Waals surface area contributed by atoms with Crippen LogP contribution in [0.3, 0.4) is 0 Å². The molecule has 0 aromatic carbocycles. The first-order valence-electron chi connectivity index (χ1n) is 9.69. The summed E-state index contributed by atoms with van der Waals surface area (Å²) in [5, 5.41) is 3.77. The molecule has 2 rings (SSSR count). The second-order valence-electron chi connectivity index (χ2n) is 9.13. The van der Waals surface area contributed by atoms with E-state index in [0.717, 1.165) is 23.7 Å². The van der Waals surface area contributed by atoms with Crippen LogP contribution in [0.1, 0.15) is 85.5 Å². The molecule has 2 aliphatic rings. The summed E-state index contributed by atoms with van der Waals surface area (Å²) in [4.78, 5) is 0. The number of nitrogens with one attached hydrogen (secondary N) is 1. The third kappa shape index (κ3) is 5.58. The van der Waals surface area contributed by atoms with Crippen LogP contribution >= 0.6 is 0 Å². The van der Waals surface area contributed by atoms with Crippen molar-refractivity contribution in [3.05, 3.63) is 0 Å². The molecule has 1 heteroatoms. The average molecular weight is 294 g/mol. The van der Waals surface area contributed by atoms with Gasteiger partial charge in [-0.3, -0.25) is 0 Å². The van der Waals surface area contributed by atoms with Gasteiger partial charge in [0, 0.05) is 0 Å². The van der Waals surface area contributed by atoms with Gasteiger partial charge in [0.1, 0.15) is 0 Å². The first-order chi connectivity index (χ1) is 9.98. The quantitative estimate of drug-likeness (QED) is 0.646. The van der Waals surface area contributed by atoms with Crippen LogP contribution < -0.4 is 5.32 Å². The Bertz CT molecular complexity index is 286. The van der Waals surface area contributed by atoms with E-state index in [1.807, 2.05) is 0 Å². The van der Waals surface area contributed by atoms with Crippen molar-refractivity contribution in [2.45, 2.75) is 85.5 Å². The summed E-state index contributed by atoms with van der Waals surface area (Å²) in [6, 6.07) is 0. The molecule has 0 aromatic heterocycles. The van der Waals surface area contributed by atoms with Gasteiger partial charge in [-0.1, -0.05) is 66.2 Å². The Morgan fingerprint density at radius 2 is 1.67 bits per heavy atom. The van der Waals surface area contributed by atoms with Gasteiger partial charge in [-0.05, 0) is 61.4 Å². The zero-order valence-corrected chi connectivity index (χ0v) is 15.1. The molecular weight excluding hydrogens is 254 g/mol. The van der Waals surface area contributed by atoms with E-state index in [-0.39, 0.29) is 0 Å². The predicted octanol–water partition coefficient (Wildman–Crippen LogP) is 5.64.